The molecule has 1 aliphatic heterocycles. The highest BCUT2D eigenvalue weighted by Gasteiger charge is 2.18. The molecule has 1 aromatic carbocycles. The molecule has 0 bridgehead atoms. The number of nitrogens with two attached hydrogens (primary N) is 1. The van der Waals surface area contributed by atoms with Gasteiger partial charge in [-0.25, -0.2) is 0 Å². The SMILES string of the molecule is NC(=S)c1ccc(Cl)cc1N1CCCN(CCO)CC1. The van der Waals surface area contributed by atoms with E-state index in [-0.39, 0.29) is 6.61 Å². The minimum atomic E-state index is 0.204. The minimum absolute atomic E-state index is 0.204. The van der Waals surface area contributed by atoms with Gasteiger partial charge < -0.3 is 15.7 Å². The summed E-state index contributed by atoms with van der Waals surface area (Å²) in [7, 11) is 0. The number of benzene rings is 1. The van der Waals surface area contributed by atoms with E-state index in [2.05, 4.69) is 9.80 Å². The van der Waals surface area contributed by atoms with Crippen LogP contribution in [-0.2, 0) is 0 Å². The summed E-state index contributed by atoms with van der Waals surface area (Å²) < 4.78 is 0. The number of nitrogens with zero attached hydrogens (tertiary/aromatic N) is 2. The van der Waals surface area contributed by atoms with Gasteiger partial charge in [-0.2, -0.15) is 0 Å². The van der Waals surface area contributed by atoms with Crippen LogP contribution >= 0.6 is 23.8 Å². The van der Waals surface area contributed by atoms with Gasteiger partial charge in [0.2, 0.25) is 0 Å². The van der Waals surface area contributed by atoms with Gasteiger partial charge in [-0.05, 0) is 31.2 Å². The van der Waals surface area contributed by atoms with Crippen molar-refractivity contribution >= 4 is 34.5 Å². The van der Waals surface area contributed by atoms with Crippen molar-refractivity contribution in [3.05, 3.63) is 28.8 Å². The first kappa shape index (κ1) is 15.5. The van der Waals surface area contributed by atoms with Crippen LogP contribution in [0.2, 0.25) is 5.02 Å². The largest absolute Gasteiger partial charge is 0.395 e. The van der Waals surface area contributed by atoms with Gasteiger partial charge in [0.25, 0.3) is 0 Å². The van der Waals surface area contributed by atoms with E-state index in [1.165, 1.54) is 0 Å². The minimum Gasteiger partial charge on any atom is -0.395 e. The van der Waals surface area contributed by atoms with Crippen molar-refractivity contribution in [1.82, 2.24) is 4.90 Å². The number of rotatable bonds is 4. The molecule has 0 atom stereocenters. The normalized spacial score (nSPS) is 17.0. The highest BCUT2D eigenvalue weighted by molar-refractivity contribution is 7.80. The van der Waals surface area contributed by atoms with Crippen LogP contribution in [0.4, 0.5) is 5.69 Å². The number of halogens is 1. The van der Waals surface area contributed by atoms with Crippen LogP contribution in [0, 0.1) is 0 Å². The highest BCUT2D eigenvalue weighted by Crippen LogP contribution is 2.26. The zero-order valence-corrected chi connectivity index (χ0v) is 13.0. The van der Waals surface area contributed by atoms with E-state index in [9.17, 15) is 0 Å². The Labute approximate surface area is 130 Å². The third kappa shape index (κ3) is 3.82. The predicted molar refractivity (Wildman–Crippen MR) is 87.7 cm³/mol. The molecule has 0 saturated carbocycles. The highest BCUT2D eigenvalue weighted by atomic mass is 35.5. The zero-order chi connectivity index (χ0) is 14.5. The maximum Gasteiger partial charge on any atom is 0.106 e. The van der Waals surface area contributed by atoms with Crippen molar-refractivity contribution in [3.8, 4) is 0 Å². The molecule has 1 saturated heterocycles. The molecule has 0 amide bonds. The lowest BCUT2D eigenvalue weighted by molar-refractivity contribution is 0.204. The summed E-state index contributed by atoms with van der Waals surface area (Å²) in [6.07, 6.45) is 1.04. The maximum atomic E-state index is 9.04. The first-order valence-corrected chi connectivity index (χ1v) is 7.58. The van der Waals surface area contributed by atoms with E-state index in [0.717, 1.165) is 50.4 Å². The van der Waals surface area contributed by atoms with E-state index in [1.807, 2.05) is 18.2 Å². The maximum absolute atomic E-state index is 9.04. The molecule has 6 heteroatoms. The lowest BCUT2D eigenvalue weighted by Gasteiger charge is -2.26. The van der Waals surface area contributed by atoms with Crippen molar-refractivity contribution in [2.45, 2.75) is 6.42 Å². The first-order valence-electron chi connectivity index (χ1n) is 6.79. The first-order chi connectivity index (χ1) is 9.61. The molecule has 2 rings (SSSR count). The molecule has 0 unspecified atom stereocenters. The lowest BCUT2D eigenvalue weighted by Crippen LogP contribution is -2.33. The van der Waals surface area contributed by atoms with E-state index >= 15 is 0 Å². The second-order valence-corrected chi connectivity index (χ2v) is 5.81. The van der Waals surface area contributed by atoms with Gasteiger partial charge in [-0.3, -0.25) is 4.90 Å². The van der Waals surface area contributed by atoms with Gasteiger partial charge in [-0.15, -0.1) is 0 Å². The summed E-state index contributed by atoms with van der Waals surface area (Å²) in [4.78, 5) is 4.94. The summed E-state index contributed by atoms with van der Waals surface area (Å²) in [6.45, 7) is 4.68. The molecule has 0 radical (unpaired) electrons. The summed E-state index contributed by atoms with van der Waals surface area (Å²) in [5.41, 5.74) is 7.69. The molecule has 1 aromatic rings. The quantitative estimate of drug-likeness (QED) is 0.825. The van der Waals surface area contributed by atoms with Gasteiger partial charge in [0.05, 0.1) is 6.61 Å². The number of thiocarbonyl (C=S) groups is 1. The molecule has 0 spiro atoms. The Hall–Kier alpha value is -0.880. The van der Waals surface area contributed by atoms with Gasteiger partial charge in [0, 0.05) is 42.5 Å². The summed E-state index contributed by atoms with van der Waals surface area (Å²) >= 11 is 11.2. The molecular formula is C14H20ClN3OS. The third-order valence-electron chi connectivity index (χ3n) is 3.57. The van der Waals surface area contributed by atoms with E-state index in [4.69, 9.17) is 34.7 Å². The van der Waals surface area contributed by atoms with Gasteiger partial charge in [-0.1, -0.05) is 23.8 Å². The second kappa shape index (κ2) is 7.22. The fourth-order valence-electron chi connectivity index (χ4n) is 2.55. The molecule has 4 nitrogen and oxygen atoms in total. The van der Waals surface area contributed by atoms with Crippen LogP contribution in [0.5, 0.6) is 0 Å². The smallest absolute Gasteiger partial charge is 0.106 e. The molecule has 3 N–H and O–H groups in total. The number of aliphatic hydroxyl groups excluding tert-OH is 1. The number of anilines is 1. The Balaban J connectivity index is 2.18. The molecule has 1 fully saturated rings. The Kier molecular flexibility index (Phi) is 5.60. The van der Waals surface area contributed by atoms with Crippen molar-refractivity contribution in [1.29, 1.82) is 0 Å². The molecule has 0 aromatic heterocycles. The molecule has 0 aliphatic carbocycles. The van der Waals surface area contributed by atoms with Crippen LogP contribution in [0.15, 0.2) is 18.2 Å². The Morgan fingerprint density at radius 1 is 1.30 bits per heavy atom. The van der Waals surface area contributed by atoms with Crippen LogP contribution in [0.3, 0.4) is 0 Å². The standard InChI is InChI=1S/C14H20ClN3OS/c15-11-2-3-12(14(16)20)13(10-11)18-5-1-4-17(6-7-18)8-9-19/h2-3,10,19H,1,4-9H2,(H2,16,20). The number of β-amino-alcohol motifs (C(OH)–C–C–N with tert-alkyl or cyclic N) is 1. The van der Waals surface area contributed by atoms with Gasteiger partial charge in [0.15, 0.2) is 0 Å². The van der Waals surface area contributed by atoms with Crippen LogP contribution < -0.4 is 10.6 Å². The lowest BCUT2D eigenvalue weighted by atomic mass is 10.1. The Morgan fingerprint density at radius 2 is 2.10 bits per heavy atom. The topological polar surface area (TPSA) is 52.7 Å². The number of hydrogen-bond donors (Lipinski definition) is 2. The Bertz CT molecular complexity index is 483. The molecule has 110 valence electrons. The monoisotopic (exact) mass is 313 g/mol. The van der Waals surface area contributed by atoms with E-state index < -0.39 is 0 Å². The van der Waals surface area contributed by atoms with Gasteiger partial charge >= 0.3 is 0 Å². The number of aliphatic hydroxyl groups is 1. The fraction of sp³-hybridized carbons (Fsp3) is 0.500. The van der Waals surface area contributed by atoms with E-state index in [0.29, 0.717) is 10.0 Å². The predicted octanol–water partition coefficient (Wildman–Crippen LogP) is 1.48. The van der Waals surface area contributed by atoms with Crippen LogP contribution in [0.1, 0.15) is 12.0 Å². The average molecular weight is 314 g/mol. The summed E-state index contributed by atoms with van der Waals surface area (Å²) in [6, 6.07) is 5.63. The zero-order valence-electron chi connectivity index (χ0n) is 11.4. The van der Waals surface area contributed by atoms with Crippen LogP contribution in [-0.4, -0.2) is 54.3 Å². The van der Waals surface area contributed by atoms with Crippen molar-refractivity contribution in [3.63, 3.8) is 0 Å². The van der Waals surface area contributed by atoms with Crippen molar-refractivity contribution < 1.29 is 5.11 Å². The second-order valence-electron chi connectivity index (χ2n) is 4.93. The molecule has 1 heterocycles. The Morgan fingerprint density at radius 3 is 2.80 bits per heavy atom. The van der Waals surface area contributed by atoms with Crippen molar-refractivity contribution in [2.75, 3.05) is 44.2 Å². The van der Waals surface area contributed by atoms with Gasteiger partial charge in [0.1, 0.15) is 4.99 Å². The third-order valence-corrected chi connectivity index (χ3v) is 4.03. The van der Waals surface area contributed by atoms with Crippen molar-refractivity contribution in [2.24, 2.45) is 5.73 Å². The molecule has 20 heavy (non-hydrogen) atoms. The number of hydrogen-bond acceptors (Lipinski definition) is 4. The fourth-order valence-corrected chi connectivity index (χ4v) is 2.89. The summed E-state index contributed by atoms with van der Waals surface area (Å²) in [5.74, 6) is 0. The van der Waals surface area contributed by atoms with Crippen LogP contribution in [0.25, 0.3) is 0 Å². The average Bonchev–Trinajstić information content (AvgIpc) is 2.64. The summed E-state index contributed by atoms with van der Waals surface area (Å²) in [5, 5.41) is 9.73. The molecular weight excluding hydrogens is 294 g/mol. The molecule has 1 aliphatic rings. The van der Waals surface area contributed by atoms with E-state index in [1.54, 1.807) is 0 Å².